The largest absolute Gasteiger partial charge is 0.336 e. The molecule has 1 N–H and O–H groups in total. The molecule has 6 heteroatoms. The SMILES string of the molecule is CC(CCNC(c1cccs1)c1nccn1C)S(C)=O. The van der Waals surface area contributed by atoms with Crippen LogP contribution in [-0.2, 0) is 17.8 Å². The Morgan fingerprint density at radius 1 is 1.55 bits per heavy atom. The molecule has 0 amide bonds. The van der Waals surface area contributed by atoms with E-state index < -0.39 is 10.8 Å². The Hall–Kier alpha value is -0.980. The average Bonchev–Trinajstić information content (AvgIpc) is 3.06. The lowest BCUT2D eigenvalue weighted by Gasteiger charge is -2.18. The Bertz CT molecular complexity index is 551. The standard InChI is InChI=1S/C14H21N3OS2/c1-11(20(3)18)6-7-15-13(12-5-4-10-19-12)14-16-8-9-17(14)2/h4-5,8-11,13,15H,6-7H2,1-3H3. The van der Waals surface area contributed by atoms with Gasteiger partial charge in [-0.3, -0.25) is 4.21 Å². The minimum Gasteiger partial charge on any atom is -0.336 e. The van der Waals surface area contributed by atoms with Gasteiger partial charge >= 0.3 is 0 Å². The third-order valence-corrected chi connectivity index (χ3v) is 5.72. The number of aryl methyl sites for hydroxylation is 1. The zero-order valence-corrected chi connectivity index (χ0v) is 13.7. The van der Waals surface area contributed by atoms with Crippen molar-refractivity contribution in [1.29, 1.82) is 0 Å². The molecular formula is C14H21N3OS2. The predicted molar refractivity (Wildman–Crippen MR) is 85.5 cm³/mol. The first-order valence-electron chi connectivity index (χ1n) is 6.66. The van der Waals surface area contributed by atoms with Gasteiger partial charge in [0.1, 0.15) is 11.9 Å². The molecule has 0 aliphatic rings. The van der Waals surface area contributed by atoms with Gasteiger partial charge in [0, 0.05) is 46.6 Å². The summed E-state index contributed by atoms with van der Waals surface area (Å²) >= 11 is 1.73. The number of rotatable bonds is 7. The van der Waals surface area contributed by atoms with E-state index in [1.807, 2.05) is 30.9 Å². The summed E-state index contributed by atoms with van der Waals surface area (Å²) in [5.41, 5.74) is 0. The zero-order valence-electron chi connectivity index (χ0n) is 12.1. The van der Waals surface area contributed by atoms with Crippen LogP contribution in [0.15, 0.2) is 29.9 Å². The smallest absolute Gasteiger partial charge is 0.131 e. The first kappa shape index (κ1) is 15.4. The van der Waals surface area contributed by atoms with E-state index in [-0.39, 0.29) is 11.3 Å². The molecule has 0 aliphatic heterocycles. The third kappa shape index (κ3) is 3.77. The zero-order chi connectivity index (χ0) is 14.5. The molecule has 110 valence electrons. The maximum Gasteiger partial charge on any atom is 0.131 e. The maximum absolute atomic E-state index is 11.4. The van der Waals surface area contributed by atoms with Crippen LogP contribution >= 0.6 is 11.3 Å². The highest BCUT2D eigenvalue weighted by Crippen LogP contribution is 2.24. The van der Waals surface area contributed by atoms with Crippen molar-refractivity contribution in [2.45, 2.75) is 24.6 Å². The van der Waals surface area contributed by atoms with Gasteiger partial charge in [0.15, 0.2) is 0 Å². The summed E-state index contributed by atoms with van der Waals surface area (Å²) in [6, 6.07) is 4.28. The summed E-state index contributed by atoms with van der Waals surface area (Å²) in [4.78, 5) is 5.71. The predicted octanol–water partition coefficient (Wildman–Crippen LogP) is 2.32. The summed E-state index contributed by atoms with van der Waals surface area (Å²) in [7, 11) is 1.25. The van der Waals surface area contributed by atoms with Crippen LogP contribution in [0.2, 0.25) is 0 Å². The second-order valence-corrected chi connectivity index (χ2v) is 7.68. The molecule has 4 nitrogen and oxygen atoms in total. The molecule has 20 heavy (non-hydrogen) atoms. The maximum atomic E-state index is 11.4. The Morgan fingerprint density at radius 2 is 2.35 bits per heavy atom. The average molecular weight is 311 g/mol. The highest BCUT2D eigenvalue weighted by molar-refractivity contribution is 7.84. The van der Waals surface area contributed by atoms with E-state index in [2.05, 4.69) is 27.8 Å². The van der Waals surface area contributed by atoms with Gasteiger partial charge in [0.25, 0.3) is 0 Å². The topological polar surface area (TPSA) is 46.9 Å². The van der Waals surface area contributed by atoms with Crippen LogP contribution < -0.4 is 5.32 Å². The van der Waals surface area contributed by atoms with E-state index in [0.717, 1.165) is 18.8 Å². The summed E-state index contributed by atoms with van der Waals surface area (Å²) in [6.07, 6.45) is 6.44. The van der Waals surface area contributed by atoms with Crippen molar-refractivity contribution >= 4 is 22.1 Å². The molecule has 0 aromatic carbocycles. The summed E-state index contributed by atoms with van der Waals surface area (Å²) in [5, 5.41) is 5.84. The van der Waals surface area contributed by atoms with E-state index in [4.69, 9.17) is 0 Å². The van der Waals surface area contributed by atoms with Gasteiger partial charge in [-0.2, -0.15) is 0 Å². The molecule has 0 spiro atoms. The number of hydrogen-bond acceptors (Lipinski definition) is 4. The van der Waals surface area contributed by atoms with Crippen LogP contribution in [-0.4, -0.2) is 31.8 Å². The lowest BCUT2D eigenvalue weighted by atomic mass is 10.2. The van der Waals surface area contributed by atoms with E-state index in [1.165, 1.54) is 4.88 Å². The Morgan fingerprint density at radius 3 is 2.90 bits per heavy atom. The van der Waals surface area contributed by atoms with Crippen LogP contribution in [0.1, 0.15) is 30.1 Å². The number of nitrogens with one attached hydrogen (secondary N) is 1. The minimum atomic E-state index is -0.761. The quantitative estimate of drug-likeness (QED) is 0.853. The van der Waals surface area contributed by atoms with Gasteiger partial charge in [-0.15, -0.1) is 11.3 Å². The summed E-state index contributed by atoms with van der Waals surface area (Å²) in [5.74, 6) is 1.01. The minimum absolute atomic E-state index is 0.104. The number of nitrogens with zero attached hydrogens (tertiary/aromatic N) is 2. The molecule has 2 aromatic heterocycles. The molecule has 2 rings (SSSR count). The van der Waals surface area contributed by atoms with Crippen molar-refractivity contribution in [2.75, 3.05) is 12.8 Å². The second-order valence-electron chi connectivity index (χ2n) is 4.90. The fourth-order valence-electron chi connectivity index (χ4n) is 2.03. The van der Waals surface area contributed by atoms with Crippen molar-refractivity contribution in [3.63, 3.8) is 0 Å². The Balaban J connectivity index is 2.05. The summed E-state index contributed by atoms with van der Waals surface area (Å²) < 4.78 is 13.4. The lowest BCUT2D eigenvalue weighted by Crippen LogP contribution is -2.27. The second kappa shape index (κ2) is 7.15. The molecule has 3 unspecified atom stereocenters. The van der Waals surface area contributed by atoms with E-state index in [1.54, 1.807) is 17.6 Å². The van der Waals surface area contributed by atoms with Gasteiger partial charge in [-0.05, 0) is 24.4 Å². The monoisotopic (exact) mass is 311 g/mol. The molecule has 3 atom stereocenters. The molecule has 0 aliphatic carbocycles. The summed E-state index contributed by atoms with van der Waals surface area (Å²) in [6.45, 7) is 2.86. The first-order valence-corrected chi connectivity index (χ1v) is 9.16. The van der Waals surface area contributed by atoms with E-state index in [0.29, 0.717) is 0 Å². The highest BCUT2D eigenvalue weighted by atomic mass is 32.2. The number of thiophene rings is 1. The first-order chi connectivity index (χ1) is 9.59. The van der Waals surface area contributed by atoms with Crippen LogP contribution in [0.25, 0.3) is 0 Å². The van der Waals surface area contributed by atoms with Gasteiger partial charge in [-0.1, -0.05) is 13.0 Å². The van der Waals surface area contributed by atoms with E-state index >= 15 is 0 Å². The van der Waals surface area contributed by atoms with Crippen LogP contribution in [0, 0.1) is 0 Å². The molecule has 0 saturated carbocycles. The van der Waals surface area contributed by atoms with Gasteiger partial charge in [-0.25, -0.2) is 4.98 Å². The molecule has 0 saturated heterocycles. The van der Waals surface area contributed by atoms with Crippen molar-refractivity contribution in [3.05, 3.63) is 40.6 Å². The lowest BCUT2D eigenvalue weighted by molar-refractivity contribution is 0.548. The highest BCUT2D eigenvalue weighted by Gasteiger charge is 2.19. The number of hydrogen-bond donors (Lipinski definition) is 1. The van der Waals surface area contributed by atoms with Crippen molar-refractivity contribution in [1.82, 2.24) is 14.9 Å². The van der Waals surface area contributed by atoms with E-state index in [9.17, 15) is 4.21 Å². The molecule has 2 aromatic rings. The van der Waals surface area contributed by atoms with Crippen molar-refractivity contribution in [3.8, 4) is 0 Å². The number of aromatic nitrogens is 2. The Kier molecular flexibility index (Phi) is 5.51. The molecule has 0 radical (unpaired) electrons. The molecule has 0 bridgehead atoms. The Labute approximate surface area is 126 Å². The fourth-order valence-corrected chi connectivity index (χ4v) is 3.27. The van der Waals surface area contributed by atoms with Crippen LogP contribution in [0.4, 0.5) is 0 Å². The molecule has 0 fully saturated rings. The van der Waals surface area contributed by atoms with Crippen molar-refractivity contribution < 1.29 is 4.21 Å². The third-order valence-electron chi connectivity index (χ3n) is 3.41. The van der Waals surface area contributed by atoms with Gasteiger partial charge < -0.3 is 9.88 Å². The molecular weight excluding hydrogens is 290 g/mol. The van der Waals surface area contributed by atoms with Crippen molar-refractivity contribution in [2.24, 2.45) is 7.05 Å². The normalized spacial score (nSPS) is 15.9. The molecule has 2 heterocycles. The van der Waals surface area contributed by atoms with Crippen LogP contribution in [0.3, 0.4) is 0 Å². The van der Waals surface area contributed by atoms with Crippen LogP contribution in [0.5, 0.6) is 0 Å². The van der Waals surface area contributed by atoms with Gasteiger partial charge in [0.05, 0.1) is 0 Å². The fraction of sp³-hybridized carbons (Fsp3) is 0.500. The van der Waals surface area contributed by atoms with Gasteiger partial charge in [0.2, 0.25) is 0 Å². The number of imidazole rings is 1.